The van der Waals surface area contributed by atoms with E-state index in [1.165, 1.54) is 7.11 Å². The fraction of sp³-hybridized carbons (Fsp3) is 0.429. The van der Waals surface area contributed by atoms with Gasteiger partial charge in [-0.1, -0.05) is 5.16 Å². The molecule has 1 aliphatic heterocycles. The van der Waals surface area contributed by atoms with E-state index in [-0.39, 0.29) is 6.54 Å². The average Bonchev–Trinajstić information content (AvgIpc) is 2.91. The van der Waals surface area contributed by atoms with Gasteiger partial charge in [0, 0.05) is 18.5 Å². The molecule has 1 heterocycles. The summed E-state index contributed by atoms with van der Waals surface area (Å²) in [5, 5.41) is 4.01. The van der Waals surface area contributed by atoms with Gasteiger partial charge in [-0.25, -0.2) is 4.79 Å². The molecule has 0 bridgehead atoms. The molecule has 0 saturated heterocycles. The summed E-state index contributed by atoms with van der Waals surface area (Å²) in [4.78, 5) is 17.1. The van der Waals surface area contributed by atoms with Crippen LogP contribution in [0.15, 0.2) is 23.4 Å². The fourth-order valence-electron chi connectivity index (χ4n) is 2.20. The topological polar surface area (TPSA) is 83.1 Å². The highest BCUT2D eigenvalue weighted by Gasteiger charge is 2.47. The Kier molecular flexibility index (Phi) is 3.94. The summed E-state index contributed by atoms with van der Waals surface area (Å²) < 4.78 is 9.91. The molecule has 2 rings (SSSR count). The second kappa shape index (κ2) is 5.50. The van der Waals surface area contributed by atoms with Gasteiger partial charge in [0.05, 0.1) is 19.9 Å². The first-order valence-corrected chi connectivity index (χ1v) is 6.25. The van der Waals surface area contributed by atoms with E-state index in [1.54, 1.807) is 7.11 Å². The highest BCUT2D eigenvalue weighted by atomic mass is 16.7. The molecule has 2 N–H and O–H groups in total. The average molecular weight is 278 g/mol. The molecule has 0 aliphatic carbocycles. The number of ether oxygens (including phenoxy) is 2. The molecule has 1 aromatic rings. The standard InChI is InChI=1S/C14H18N2O4/c1-9-6-10(18-2)4-5-11(9)12-7-14(8-15,20-16-12)13(17)19-3/h4-6H,7-8,15H2,1-3H3. The van der Waals surface area contributed by atoms with Crippen molar-refractivity contribution in [3.63, 3.8) is 0 Å². The number of benzene rings is 1. The summed E-state index contributed by atoms with van der Waals surface area (Å²) in [7, 11) is 2.92. The van der Waals surface area contributed by atoms with Gasteiger partial charge in [0.1, 0.15) is 5.75 Å². The van der Waals surface area contributed by atoms with Crippen molar-refractivity contribution >= 4 is 11.7 Å². The van der Waals surface area contributed by atoms with Gasteiger partial charge in [0.2, 0.25) is 0 Å². The molecule has 0 saturated carbocycles. The Balaban J connectivity index is 2.26. The molecule has 0 amide bonds. The van der Waals surface area contributed by atoms with Gasteiger partial charge in [-0.3, -0.25) is 0 Å². The number of methoxy groups -OCH3 is 2. The van der Waals surface area contributed by atoms with Crippen LogP contribution in [0.4, 0.5) is 0 Å². The van der Waals surface area contributed by atoms with Crippen LogP contribution >= 0.6 is 0 Å². The highest BCUT2D eigenvalue weighted by Crippen LogP contribution is 2.29. The predicted octanol–water partition coefficient (Wildman–Crippen LogP) is 0.999. The van der Waals surface area contributed by atoms with Crippen molar-refractivity contribution in [1.82, 2.24) is 0 Å². The molecule has 1 atom stereocenters. The first kappa shape index (κ1) is 14.3. The first-order valence-electron chi connectivity index (χ1n) is 6.25. The van der Waals surface area contributed by atoms with Gasteiger partial charge >= 0.3 is 5.97 Å². The van der Waals surface area contributed by atoms with E-state index in [2.05, 4.69) is 5.16 Å². The van der Waals surface area contributed by atoms with Gasteiger partial charge in [-0.05, 0) is 30.7 Å². The third-order valence-electron chi connectivity index (χ3n) is 3.42. The molecule has 0 spiro atoms. The number of rotatable bonds is 4. The molecular formula is C14H18N2O4. The Morgan fingerprint density at radius 1 is 1.50 bits per heavy atom. The lowest BCUT2D eigenvalue weighted by Crippen LogP contribution is -2.46. The molecular weight excluding hydrogens is 260 g/mol. The molecule has 1 unspecified atom stereocenters. The number of oxime groups is 1. The summed E-state index contributed by atoms with van der Waals surface area (Å²) in [6.07, 6.45) is 0.295. The monoisotopic (exact) mass is 278 g/mol. The largest absolute Gasteiger partial charge is 0.497 e. The van der Waals surface area contributed by atoms with Crippen molar-refractivity contribution in [2.24, 2.45) is 10.9 Å². The van der Waals surface area contributed by atoms with Crippen LogP contribution in [0.3, 0.4) is 0 Å². The van der Waals surface area contributed by atoms with Crippen molar-refractivity contribution in [1.29, 1.82) is 0 Å². The molecule has 20 heavy (non-hydrogen) atoms. The summed E-state index contributed by atoms with van der Waals surface area (Å²) >= 11 is 0. The number of hydrogen-bond donors (Lipinski definition) is 1. The number of aryl methyl sites for hydroxylation is 1. The van der Waals surface area contributed by atoms with E-state index < -0.39 is 11.6 Å². The van der Waals surface area contributed by atoms with Crippen molar-refractivity contribution in [2.75, 3.05) is 20.8 Å². The van der Waals surface area contributed by atoms with Crippen molar-refractivity contribution in [3.8, 4) is 5.75 Å². The SMILES string of the molecule is COC(=O)C1(CN)CC(c2ccc(OC)cc2C)=NO1. The molecule has 1 aromatic carbocycles. The van der Waals surface area contributed by atoms with Gasteiger partial charge in [0.25, 0.3) is 5.60 Å². The Morgan fingerprint density at radius 3 is 2.80 bits per heavy atom. The number of hydrogen-bond acceptors (Lipinski definition) is 6. The zero-order valence-electron chi connectivity index (χ0n) is 11.8. The van der Waals surface area contributed by atoms with E-state index in [9.17, 15) is 4.79 Å². The maximum Gasteiger partial charge on any atom is 0.354 e. The highest BCUT2D eigenvalue weighted by molar-refractivity contribution is 6.05. The quantitative estimate of drug-likeness (QED) is 0.831. The Bertz CT molecular complexity index is 556. The Morgan fingerprint density at radius 2 is 2.25 bits per heavy atom. The lowest BCUT2D eigenvalue weighted by molar-refractivity contribution is -0.165. The molecule has 108 valence electrons. The number of esters is 1. The normalized spacial score (nSPS) is 21.1. The second-order valence-electron chi connectivity index (χ2n) is 4.68. The van der Waals surface area contributed by atoms with Gasteiger partial charge in [-0.2, -0.15) is 0 Å². The van der Waals surface area contributed by atoms with Crippen molar-refractivity contribution in [2.45, 2.75) is 18.9 Å². The van der Waals surface area contributed by atoms with Crippen LogP contribution in [-0.4, -0.2) is 38.0 Å². The smallest absolute Gasteiger partial charge is 0.354 e. The molecule has 0 fully saturated rings. The lowest BCUT2D eigenvalue weighted by atomic mass is 9.92. The number of carbonyl (C=O) groups excluding carboxylic acids is 1. The van der Waals surface area contributed by atoms with Gasteiger partial charge < -0.3 is 20.0 Å². The van der Waals surface area contributed by atoms with E-state index in [0.717, 1.165) is 16.9 Å². The van der Waals surface area contributed by atoms with Crippen LogP contribution in [0.5, 0.6) is 5.75 Å². The van der Waals surface area contributed by atoms with Crippen LogP contribution in [0.25, 0.3) is 0 Å². The fourth-order valence-corrected chi connectivity index (χ4v) is 2.20. The third kappa shape index (κ3) is 2.34. The van der Waals surface area contributed by atoms with E-state index in [4.69, 9.17) is 20.0 Å². The van der Waals surface area contributed by atoms with Crippen LogP contribution in [-0.2, 0) is 14.4 Å². The van der Waals surface area contributed by atoms with Crippen LogP contribution in [0, 0.1) is 6.92 Å². The third-order valence-corrected chi connectivity index (χ3v) is 3.42. The minimum Gasteiger partial charge on any atom is -0.497 e. The second-order valence-corrected chi connectivity index (χ2v) is 4.68. The number of carbonyl (C=O) groups is 1. The molecule has 6 nitrogen and oxygen atoms in total. The first-order chi connectivity index (χ1) is 9.56. The predicted molar refractivity (Wildman–Crippen MR) is 73.8 cm³/mol. The van der Waals surface area contributed by atoms with E-state index >= 15 is 0 Å². The van der Waals surface area contributed by atoms with Crippen molar-refractivity contribution in [3.05, 3.63) is 29.3 Å². The summed E-state index contributed by atoms with van der Waals surface area (Å²) in [6, 6.07) is 5.63. The molecule has 0 aromatic heterocycles. The summed E-state index contributed by atoms with van der Waals surface area (Å²) in [5.74, 6) is 0.258. The van der Waals surface area contributed by atoms with E-state index in [0.29, 0.717) is 12.1 Å². The summed E-state index contributed by atoms with van der Waals surface area (Å²) in [6.45, 7) is 1.96. The van der Waals surface area contributed by atoms with Crippen molar-refractivity contribution < 1.29 is 19.1 Å². The number of nitrogens with zero attached hydrogens (tertiary/aromatic N) is 1. The lowest BCUT2D eigenvalue weighted by Gasteiger charge is -2.21. The zero-order valence-corrected chi connectivity index (χ0v) is 11.8. The molecule has 1 aliphatic rings. The minimum atomic E-state index is -1.21. The van der Waals surface area contributed by atoms with Crippen LogP contribution in [0.1, 0.15) is 17.5 Å². The summed E-state index contributed by atoms with van der Waals surface area (Å²) in [5.41, 5.74) is 7.02. The van der Waals surface area contributed by atoms with Gasteiger partial charge in [-0.15, -0.1) is 0 Å². The number of nitrogens with two attached hydrogens (primary N) is 1. The minimum absolute atomic E-state index is 0.0157. The maximum absolute atomic E-state index is 11.8. The van der Waals surface area contributed by atoms with Crippen LogP contribution < -0.4 is 10.5 Å². The molecule has 0 radical (unpaired) electrons. The Hall–Kier alpha value is -2.08. The Labute approximate surface area is 117 Å². The van der Waals surface area contributed by atoms with Gasteiger partial charge in [0.15, 0.2) is 0 Å². The maximum atomic E-state index is 11.8. The zero-order chi connectivity index (χ0) is 14.8. The van der Waals surface area contributed by atoms with Crippen LogP contribution in [0.2, 0.25) is 0 Å². The van der Waals surface area contributed by atoms with E-state index in [1.807, 2.05) is 25.1 Å². The molecule has 6 heteroatoms.